The van der Waals surface area contributed by atoms with Crippen LogP contribution in [0, 0.1) is 20.8 Å². The van der Waals surface area contributed by atoms with Gasteiger partial charge in [-0.1, -0.05) is 24.3 Å². The molecule has 0 bridgehead atoms. The van der Waals surface area contributed by atoms with Gasteiger partial charge in [-0.25, -0.2) is 4.79 Å². The summed E-state index contributed by atoms with van der Waals surface area (Å²) in [5.41, 5.74) is 7.66. The Morgan fingerprint density at radius 1 is 0.884 bits per heavy atom. The Morgan fingerprint density at radius 3 is 2.26 bits per heavy atom. The van der Waals surface area contributed by atoms with E-state index >= 15 is 0 Å². The van der Waals surface area contributed by atoms with E-state index < -0.39 is 0 Å². The number of carbonyl (C=O) groups is 1. The molecule has 1 aliphatic rings. The van der Waals surface area contributed by atoms with E-state index in [-0.39, 0.29) is 18.1 Å². The SMILES string of the molecule is COC(=O)c1ccc(-n2c(C)cc(C3C(c4ccccn4)NC(=S)N3c3ccc(Oc4ccccc4C)cc3)c2C)cc1. The molecule has 216 valence electrons. The summed E-state index contributed by atoms with van der Waals surface area (Å²) in [5.74, 6) is 1.22. The number of aromatic nitrogens is 2. The normalized spacial score (nSPS) is 16.2. The van der Waals surface area contributed by atoms with Crippen LogP contribution < -0.4 is 15.0 Å². The molecule has 1 N–H and O–H groups in total. The predicted octanol–water partition coefficient (Wildman–Crippen LogP) is 7.55. The van der Waals surface area contributed by atoms with Crippen molar-refractivity contribution in [1.29, 1.82) is 0 Å². The summed E-state index contributed by atoms with van der Waals surface area (Å²) in [6, 6.07) is 31.3. The van der Waals surface area contributed by atoms with Crippen LogP contribution in [-0.2, 0) is 4.74 Å². The van der Waals surface area contributed by atoms with Crippen molar-refractivity contribution >= 4 is 29.0 Å². The van der Waals surface area contributed by atoms with Gasteiger partial charge in [-0.2, -0.15) is 0 Å². The number of pyridine rings is 1. The van der Waals surface area contributed by atoms with Crippen LogP contribution in [-0.4, -0.2) is 27.7 Å². The molecule has 8 heteroatoms. The minimum absolute atomic E-state index is 0.167. The lowest BCUT2D eigenvalue weighted by Crippen LogP contribution is -2.29. The van der Waals surface area contributed by atoms with Crippen molar-refractivity contribution < 1.29 is 14.3 Å². The van der Waals surface area contributed by atoms with Crippen molar-refractivity contribution in [2.75, 3.05) is 12.0 Å². The van der Waals surface area contributed by atoms with Crippen LogP contribution in [0.5, 0.6) is 11.5 Å². The summed E-state index contributed by atoms with van der Waals surface area (Å²) in [7, 11) is 1.39. The Labute approximate surface area is 256 Å². The topological polar surface area (TPSA) is 68.6 Å². The maximum atomic E-state index is 12.0. The Kier molecular flexibility index (Phi) is 7.69. The zero-order valence-corrected chi connectivity index (χ0v) is 25.3. The monoisotopic (exact) mass is 588 g/mol. The zero-order valence-electron chi connectivity index (χ0n) is 24.4. The van der Waals surface area contributed by atoms with Crippen LogP contribution in [0.1, 0.15) is 50.7 Å². The number of benzene rings is 3. The standard InChI is InChI=1S/C35H32N4O3S/c1-22-9-5-6-11-31(22)42-28-18-16-27(17-19-28)39-33(32(37-35(39)43)30-10-7-8-20-36-30)29-21-23(2)38(24(29)3)26-14-12-25(13-15-26)34(40)41-4/h5-21,32-33H,1-4H3,(H,37,43). The van der Waals surface area contributed by atoms with E-state index in [1.165, 1.54) is 7.11 Å². The first kappa shape index (κ1) is 28.2. The molecule has 3 heterocycles. The highest BCUT2D eigenvalue weighted by Crippen LogP contribution is 2.44. The van der Waals surface area contributed by atoms with Crippen molar-refractivity contribution in [2.24, 2.45) is 0 Å². The minimum Gasteiger partial charge on any atom is -0.465 e. The molecule has 0 saturated carbocycles. The number of anilines is 1. The molecule has 5 aromatic rings. The van der Waals surface area contributed by atoms with Gasteiger partial charge >= 0.3 is 5.97 Å². The number of hydrogen-bond donors (Lipinski definition) is 1. The van der Waals surface area contributed by atoms with Gasteiger partial charge in [0.25, 0.3) is 0 Å². The van der Waals surface area contributed by atoms with Gasteiger partial charge in [0.05, 0.1) is 30.5 Å². The van der Waals surface area contributed by atoms with Gasteiger partial charge in [-0.3, -0.25) is 4.98 Å². The molecule has 1 saturated heterocycles. The minimum atomic E-state index is -0.358. The number of methoxy groups -OCH3 is 1. The molecule has 0 amide bonds. The highest BCUT2D eigenvalue weighted by Gasteiger charge is 2.42. The Bertz CT molecular complexity index is 1780. The second-order valence-electron chi connectivity index (χ2n) is 10.6. The number of rotatable bonds is 7. The molecule has 6 rings (SSSR count). The molecule has 0 aliphatic carbocycles. The first-order valence-electron chi connectivity index (χ1n) is 14.1. The molecule has 0 radical (unpaired) electrons. The van der Waals surface area contributed by atoms with Gasteiger partial charge in [0.15, 0.2) is 5.11 Å². The Hall–Kier alpha value is -4.95. The van der Waals surface area contributed by atoms with E-state index in [0.29, 0.717) is 10.7 Å². The summed E-state index contributed by atoms with van der Waals surface area (Å²) in [6.07, 6.45) is 1.81. The van der Waals surface area contributed by atoms with Crippen LogP contribution >= 0.6 is 12.2 Å². The van der Waals surface area contributed by atoms with Crippen molar-refractivity contribution in [3.05, 3.63) is 137 Å². The van der Waals surface area contributed by atoms with Crippen molar-refractivity contribution in [2.45, 2.75) is 32.9 Å². The van der Waals surface area contributed by atoms with E-state index in [2.05, 4.69) is 34.7 Å². The number of nitrogens with zero attached hydrogens (tertiary/aromatic N) is 3. The van der Waals surface area contributed by atoms with E-state index in [0.717, 1.165) is 51.1 Å². The summed E-state index contributed by atoms with van der Waals surface area (Å²) in [5, 5.41) is 4.18. The number of ether oxygens (including phenoxy) is 2. The number of thiocarbonyl (C=S) groups is 1. The van der Waals surface area contributed by atoms with Gasteiger partial charge in [0.1, 0.15) is 11.5 Å². The lowest BCUT2D eigenvalue weighted by atomic mass is 9.96. The quantitative estimate of drug-likeness (QED) is 0.155. The maximum absolute atomic E-state index is 12.0. The van der Waals surface area contributed by atoms with Crippen LogP contribution in [0.25, 0.3) is 5.69 Å². The number of hydrogen-bond acceptors (Lipinski definition) is 5. The fraction of sp³-hybridized carbons (Fsp3) is 0.171. The predicted molar refractivity (Wildman–Crippen MR) is 172 cm³/mol. The van der Waals surface area contributed by atoms with Gasteiger partial charge in [-0.15, -0.1) is 0 Å². The van der Waals surface area contributed by atoms with Crippen molar-refractivity contribution in [3.8, 4) is 17.2 Å². The fourth-order valence-electron chi connectivity index (χ4n) is 5.77. The highest BCUT2D eigenvalue weighted by atomic mass is 32.1. The molecule has 43 heavy (non-hydrogen) atoms. The summed E-state index contributed by atoms with van der Waals surface area (Å²) >= 11 is 5.96. The van der Waals surface area contributed by atoms with Gasteiger partial charge in [0, 0.05) is 29.0 Å². The third kappa shape index (κ3) is 5.37. The van der Waals surface area contributed by atoms with Crippen molar-refractivity contribution in [3.63, 3.8) is 0 Å². The number of carbonyl (C=O) groups excluding carboxylic acids is 1. The van der Waals surface area contributed by atoms with E-state index in [4.69, 9.17) is 26.7 Å². The number of aryl methyl sites for hydroxylation is 2. The molecule has 1 aliphatic heterocycles. The lowest BCUT2D eigenvalue weighted by Gasteiger charge is -2.28. The first-order valence-corrected chi connectivity index (χ1v) is 14.5. The van der Waals surface area contributed by atoms with Gasteiger partial charge in [-0.05, 0) is 117 Å². The second kappa shape index (κ2) is 11.7. The van der Waals surface area contributed by atoms with E-state index in [1.807, 2.05) is 92.0 Å². The highest BCUT2D eigenvalue weighted by molar-refractivity contribution is 7.80. The van der Waals surface area contributed by atoms with Gasteiger partial charge < -0.3 is 24.3 Å². The van der Waals surface area contributed by atoms with Gasteiger partial charge in [0.2, 0.25) is 0 Å². The second-order valence-corrected chi connectivity index (χ2v) is 10.9. The fourth-order valence-corrected chi connectivity index (χ4v) is 6.12. The molecule has 3 aromatic carbocycles. The largest absolute Gasteiger partial charge is 0.465 e. The van der Waals surface area contributed by atoms with E-state index in [1.54, 1.807) is 12.1 Å². The number of para-hydroxylation sites is 1. The van der Waals surface area contributed by atoms with Crippen LogP contribution in [0.15, 0.2) is 103 Å². The molecule has 7 nitrogen and oxygen atoms in total. The molecule has 2 unspecified atom stereocenters. The van der Waals surface area contributed by atoms with E-state index in [9.17, 15) is 4.79 Å². The molecule has 2 atom stereocenters. The third-order valence-corrected chi connectivity index (χ3v) is 8.18. The number of nitrogens with one attached hydrogen (secondary N) is 1. The smallest absolute Gasteiger partial charge is 0.337 e. The summed E-state index contributed by atoms with van der Waals surface area (Å²) in [4.78, 5) is 18.9. The third-order valence-electron chi connectivity index (χ3n) is 7.87. The maximum Gasteiger partial charge on any atom is 0.337 e. The molecule has 1 fully saturated rings. The Morgan fingerprint density at radius 2 is 1.58 bits per heavy atom. The molecule has 2 aromatic heterocycles. The molecular weight excluding hydrogens is 556 g/mol. The summed E-state index contributed by atoms with van der Waals surface area (Å²) in [6.45, 7) is 6.23. The Balaban J connectivity index is 1.39. The average Bonchev–Trinajstić information content (AvgIpc) is 3.53. The van der Waals surface area contributed by atoms with Crippen LogP contribution in [0.4, 0.5) is 5.69 Å². The molecule has 0 spiro atoms. The average molecular weight is 589 g/mol. The molecular formula is C35H32N4O3S. The van der Waals surface area contributed by atoms with Crippen LogP contribution in [0.2, 0.25) is 0 Å². The number of esters is 1. The van der Waals surface area contributed by atoms with Crippen LogP contribution in [0.3, 0.4) is 0 Å². The zero-order chi connectivity index (χ0) is 30.1. The lowest BCUT2D eigenvalue weighted by molar-refractivity contribution is 0.0600. The van der Waals surface area contributed by atoms with Crippen molar-refractivity contribution in [1.82, 2.24) is 14.9 Å². The first-order chi connectivity index (χ1) is 20.9. The summed E-state index contributed by atoms with van der Waals surface area (Å²) < 4.78 is 13.2.